The zero-order valence-corrected chi connectivity index (χ0v) is 33.0. The summed E-state index contributed by atoms with van der Waals surface area (Å²) in [4.78, 5) is 50.0. The van der Waals surface area contributed by atoms with Gasteiger partial charge in [-0.3, -0.25) is 9.59 Å². The number of esters is 1. The van der Waals surface area contributed by atoms with Crippen LogP contribution in [-0.4, -0.2) is 77.6 Å². The number of carboxylic acids is 2. The maximum atomic E-state index is 13.5. The highest BCUT2D eigenvalue weighted by Crippen LogP contribution is 2.20. The molecule has 0 heterocycles. The molecule has 300 valence electrons. The van der Waals surface area contributed by atoms with Gasteiger partial charge in [0.05, 0.1) is 6.61 Å². The number of hydrogen-bond donors (Lipinski definition) is 2. The van der Waals surface area contributed by atoms with E-state index in [1.165, 1.54) is 44.9 Å². The number of rotatable bonds is 38. The zero-order valence-electron chi connectivity index (χ0n) is 33.0. The number of unbranched alkanes of at least 4 members (excludes halogenated alkanes) is 19. The van der Waals surface area contributed by atoms with Crippen molar-refractivity contribution in [1.82, 2.24) is 4.90 Å². The minimum atomic E-state index is -0.986. The Bertz CT molecular complexity index is 819. The van der Waals surface area contributed by atoms with Crippen LogP contribution >= 0.6 is 0 Å². The molecule has 0 fully saturated rings. The number of ether oxygens (including phenoxy) is 3. The molecule has 0 saturated heterocycles. The van der Waals surface area contributed by atoms with Crippen molar-refractivity contribution in [3.8, 4) is 0 Å². The molecule has 0 aromatic rings. The van der Waals surface area contributed by atoms with Crippen LogP contribution < -0.4 is 0 Å². The molecule has 10 heteroatoms. The lowest BCUT2D eigenvalue weighted by atomic mass is 10.0. The van der Waals surface area contributed by atoms with Gasteiger partial charge in [0.25, 0.3) is 0 Å². The average Bonchev–Trinajstić information content (AvgIpc) is 3.10. The fourth-order valence-electron chi connectivity index (χ4n) is 6.39. The Hall–Kier alpha value is -2.36. The zero-order chi connectivity index (χ0) is 37.8. The van der Waals surface area contributed by atoms with E-state index < -0.39 is 30.2 Å². The fraction of sp³-hybridized carbons (Fsp3) is 0.902. The molecular formula is C41H77NO9. The van der Waals surface area contributed by atoms with Gasteiger partial charge in [0.2, 0.25) is 6.10 Å². The summed E-state index contributed by atoms with van der Waals surface area (Å²) in [5.41, 5.74) is 0. The number of nitrogens with zero attached hydrogens (tertiary/aromatic N) is 1. The first kappa shape index (κ1) is 48.6. The van der Waals surface area contributed by atoms with Crippen LogP contribution in [0.1, 0.15) is 201 Å². The van der Waals surface area contributed by atoms with Crippen molar-refractivity contribution >= 4 is 24.1 Å². The van der Waals surface area contributed by atoms with E-state index in [-0.39, 0.29) is 25.6 Å². The molecule has 51 heavy (non-hydrogen) atoms. The number of carbonyl (C=O) groups excluding carboxylic acids is 2. The summed E-state index contributed by atoms with van der Waals surface area (Å²) in [7, 11) is 0. The summed E-state index contributed by atoms with van der Waals surface area (Å²) < 4.78 is 17.1. The normalized spacial score (nSPS) is 11.9. The van der Waals surface area contributed by atoms with Crippen molar-refractivity contribution in [3.05, 3.63) is 0 Å². The van der Waals surface area contributed by atoms with Gasteiger partial charge in [-0.2, -0.15) is 0 Å². The van der Waals surface area contributed by atoms with Gasteiger partial charge in [-0.25, -0.2) is 9.59 Å². The molecule has 10 nitrogen and oxygen atoms in total. The molecule has 0 rings (SSSR count). The highest BCUT2D eigenvalue weighted by molar-refractivity contribution is 5.77. The second kappa shape index (κ2) is 36.0. The van der Waals surface area contributed by atoms with E-state index in [0.29, 0.717) is 25.7 Å². The Balaban J connectivity index is 5.09. The van der Waals surface area contributed by atoms with E-state index in [2.05, 4.69) is 25.7 Å². The van der Waals surface area contributed by atoms with Gasteiger partial charge >= 0.3 is 24.1 Å². The summed E-state index contributed by atoms with van der Waals surface area (Å²) >= 11 is 0. The van der Waals surface area contributed by atoms with Crippen molar-refractivity contribution in [3.63, 3.8) is 0 Å². The lowest BCUT2D eigenvalue weighted by Crippen LogP contribution is -2.33. The molecule has 0 spiro atoms. The van der Waals surface area contributed by atoms with E-state index in [4.69, 9.17) is 24.4 Å². The second-order valence-corrected chi connectivity index (χ2v) is 14.2. The Morgan fingerprint density at radius 1 is 0.510 bits per heavy atom. The third kappa shape index (κ3) is 33.2. The smallest absolute Gasteiger partial charge is 0.481 e. The van der Waals surface area contributed by atoms with Gasteiger partial charge < -0.3 is 29.3 Å². The monoisotopic (exact) mass is 728 g/mol. The molecule has 0 aromatic carbocycles. The Morgan fingerprint density at radius 2 is 0.922 bits per heavy atom. The number of carboxylic acid groups (broad SMARTS) is 2. The van der Waals surface area contributed by atoms with Crippen LogP contribution in [0.15, 0.2) is 0 Å². The quantitative estimate of drug-likeness (QED) is 0.0466. The van der Waals surface area contributed by atoms with Crippen LogP contribution in [0.5, 0.6) is 0 Å². The van der Waals surface area contributed by atoms with Crippen molar-refractivity contribution < 1.29 is 43.6 Å². The maximum absolute atomic E-state index is 13.5. The van der Waals surface area contributed by atoms with Gasteiger partial charge in [-0.1, -0.05) is 130 Å². The molecule has 0 bridgehead atoms. The third-order valence-electron chi connectivity index (χ3n) is 9.67. The average molecular weight is 728 g/mol. The van der Waals surface area contributed by atoms with Crippen molar-refractivity contribution in [2.75, 3.05) is 26.2 Å². The number of aliphatic carboxylic acids is 2. The van der Waals surface area contributed by atoms with E-state index in [0.717, 1.165) is 116 Å². The lowest BCUT2D eigenvalue weighted by Gasteiger charge is -2.22. The first-order chi connectivity index (χ1) is 24.7. The molecule has 0 saturated carbocycles. The van der Waals surface area contributed by atoms with Gasteiger partial charge in [-0.05, 0) is 70.9 Å². The first-order valence-corrected chi connectivity index (χ1v) is 20.9. The van der Waals surface area contributed by atoms with Crippen LogP contribution in [0, 0.1) is 0 Å². The van der Waals surface area contributed by atoms with Crippen LogP contribution in [0.2, 0.25) is 0 Å². The van der Waals surface area contributed by atoms with Crippen molar-refractivity contribution in [2.24, 2.45) is 0 Å². The van der Waals surface area contributed by atoms with Gasteiger partial charge in [0, 0.05) is 19.4 Å². The van der Waals surface area contributed by atoms with Gasteiger partial charge in [0.15, 0.2) is 0 Å². The molecule has 0 aliphatic heterocycles. The largest absolute Gasteiger partial charge is 0.509 e. The topological polar surface area (TPSA) is 140 Å². The first-order valence-electron chi connectivity index (χ1n) is 20.9. The molecule has 0 radical (unpaired) electrons. The maximum Gasteiger partial charge on any atom is 0.509 e. The molecule has 2 N–H and O–H groups in total. The van der Waals surface area contributed by atoms with Crippen molar-refractivity contribution in [1.29, 1.82) is 0 Å². The predicted octanol–water partition coefficient (Wildman–Crippen LogP) is 10.9. The van der Waals surface area contributed by atoms with Crippen LogP contribution in [0.25, 0.3) is 0 Å². The highest BCUT2D eigenvalue weighted by Gasteiger charge is 2.27. The lowest BCUT2D eigenvalue weighted by molar-refractivity contribution is -0.162. The molecule has 0 aliphatic carbocycles. The number of carbonyl (C=O) groups is 4. The summed E-state index contributed by atoms with van der Waals surface area (Å²) in [5.74, 6) is -1.99. The molecule has 1 unspecified atom stereocenters. The summed E-state index contributed by atoms with van der Waals surface area (Å²) in [6, 6.07) is 0. The Labute approximate surface area is 311 Å². The van der Waals surface area contributed by atoms with Gasteiger partial charge in [0.1, 0.15) is 6.10 Å². The SMILES string of the molecule is CCCCCCCCCCCCC(OC(=O)OCCCN(CC)CC)C(=O)OC(CCCCCCCCC(=O)O)CCCCCCCCC(=O)O. The van der Waals surface area contributed by atoms with Crippen LogP contribution in [-0.2, 0) is 28.6 Å². The standard InChI is InChI=1S/C41H77NO9/c1-4-7-8-9-10-11-12-13-20-25-31-37(51-41(48)49-35-28-34-42(5-2)6-3)40(47)50-36(29-23-18-14-16-21-26-32-38(43)44)30-24-19-15-17-22-27-33-39(45)46/h36-37H,4-35H2,1-3H3,(H,43,44)(H,45,46). The highest BCUT2D eigenvalue weighted by atomic mass is 16.7. The Morgan fingerprint density at radius 3 is 1.35 bits per heavy atom. The van der Waals surface area contributed by atoms with E-state index in [1.807, 2.05) is 0 Å². The third-order valence-corrected chi connectivity index (χ3v) is 9.67. The minimum absolute atomic E-state index is 0.212. The van der Waals surface area contributed by atoms with Crippen LogP contribution in [0.3, 0.4) is 0 Å². The van der Waals surface area contributed by atoms with Crippen LogP contribution in [0.4, 0.5) is 4.79 Å². The predicted molar refractivity (Wildman–Crippen MR) is 204 cm³/mol. The van der Waals surface area contributed by atoms with E-state index in [9.17, 15) is 19.2 Å². The minimum Gasteiger partial charge on any atom is -0.481 e. The molecule has 1 atom stereocenters. The summed E-state index contributed by atoms with van der Waals surface area (Å²) in [6.45, 7) is 9.39. The summed E-state index contributed by atoms with van der Waals surface area (Å²) in [6.07, 6.45) is 23.7. The van der Waals surface area contributed by atoms with Gasteiger partial charge in [-0.15, -0.1) is 0 Å². The summed E-state index contributed by atoms with van der Waals surface area (Å²) in [5, 5.41) is 17.7. The van der Waals surface area contributed by atoms with E-state index >= 15 is 0 Å². The van der Waals surface area contributed by atoms with E-state index in [1.54, 1.807) is 0 Å². The molecule has 0 aliphatic rings. The Kier molecular flexibility index (Phi) is 34.4. The second-order valence-electron chi connectivity index (χ2n) is 14.2. The molecular weight excluding hydrogens is 650 g/mol. The fourth-order valence-corrected chi connectivity index (χ4v) is 6.39. The molecule has 0 aromatic heterocycles. The van der Waals surface area contributed by atoms with Crippen molar-refractivity contribution in [2.45, 2.75) is 213 Å². The number of hydrogen-bond acceptors (Lipinski definition) is 8. The molecule has 0 amide bonds.